The molecule has 4 heteroatoms. The molecule has 0 aliphatic carbocycles. The molecule has 3 fully saturated rings. The molecule has 1 amide bonds. The summed E-state index contributed by atoms with van der Waals surface area (Å²) in [6, 6.07) is 2.13. The van der Waals surface area contributed by atoms with Gasteiger partial charge in [-0.15, -0.1) is 0 Å². The molecule has 0 aromatic rings. The second kappa shape index (κ2) is 5.80. The zero-order chi connectivity index (χ0) is 13.2. The maximum absolute atomic E-state index is 12.3. The molecule has 0 radical (unpaired) electrons. The Morgan fingerprint density at radius 2 is 1.89 bits per heavy atom. The summed E-state index contributed by atoms with van der Waals surface area (Å²) >= 11 is 0. The van der Waals surface area contributed by atoms with Crippen LogP contribution in [0, 0.1) is 0 Å². The van der Waals surface area contributed by atoms with Crippen LogP contribution in [0.4, 0.5) is 0 Å². The fourth-order valence-corrected chi connectivity index (χ4v) is 4.27. The third kappa shape index (κ3) is 2.79. The van der Waals surface area contributed by atoms with E-state index in [-0.39, 0.29) is 11.9 Å². The van der Waals surface area contributed by atoms with E-state index in [0.29, 0.717) is 18.1 Å². The Balaban J connectivity index is 1.70. The number of likely N-dealkylation sites (N-methyl/N-ethyl adjacent to an activating group) is 1. The number of nitrogens with one attached hydrogen (secondary N) is 2. The molecule has 0 aromatic heterocycles. The Labute approximate surface area is 116 Å². The van der Waals surface area contributed by atoms with Crippen molar-refractivity contribution in [1.82, 2.24) is 15.5 Å². The fourth-order valence-electron chi connectivity index (χ4n) is 4.27. The summed E-state index contributed by atoms with van der Waals surface area (Å²) in [5.41, 5.74) is 0. The van der Waals surface area contributed by atoms with E-state index in [1.54, 1.807) is 0 Å². The molecule has 0 spiro atoms. The van der Waals surface area contributed by atoms with Crippen molar-refractivity contribution in [1.29, 1.82) is 0 Å². The third-order valence-electron chi connectivity index (χ3n) is 5.19. The Bertz CT molecular complexity index is 321. The number of rotatable bonds is 3. The summed E-state index contributed by atoms with van der Waals surface area (Å²) in [6.45, 7) is 4.08. The first-order valence-electron chi connectivity index (χ1n) is 8.07. The van der Waals surface area contributed by atoms with Crippen molar-refractivity contribution >= 4 is 5.91 Å². The highest BCUT2D eigenvalue weighted by Crippen LogP contribution is 2.31. The highest BCUT2D eigenvalue weighted by Gasteiger charge is 2.39. The topological polar surface area (TPSA) is 44.4 Å². The molecule has 2 bridgehead atoms. The summed E-state index contributed by atoms with van der Waals surface area (Å²) < 4.78 is 0. The van der Waals surface area contributed by atoms with Gasteiger partial charge in [0, 0.05) is 24.7 Å². The number of carbonyl (C=O) groups is 1. The Morgan fingerprint density at radius 3 is 2.58 bits per heavy atom. The molecule has 3 rings (SSSR count). The zero-order valence-corrected chi connectivity index (χ0v) is 12.0. The summed E-state index contributed by atoms with van der Waals surface area (Å²) in [6.07, 6.45) is 8.47. The molecular weight excluding hydrogens is 238 g/mol. The van der Waals surface area contributed by atoms with E-state index in [4.69, 9.17) is 0 Å². The molecule has 3 unspecified atom stereocenters. The van der Waals surface area contributed by atoms with Gasteiger partial charge in [-0.3, -0.25) is 9.69 Å². The van der Waals surface area contributed by atoms with Crippen molar-refractivity contribution in [2.75, 3.05) is 13.1 Å². The average molecular weight is 265 g/mol. The lowest BCUT2D eigenvalue weighted by molar-refractivity contribution is -0.127. The predicted octanol–water partition coefficient (Wildman–Crippen LogP) is 1.26. The molecule has 3 aliphatic rings. The van der Waals surface area contributed by atoms with Crippen molar-refractivity contribution in [3.05, 3.63) is 0 Å². The number of hydrogen-bond donors (Lipinski definition) is 2. The molecular formula is C15H27N3O. The smallest absolute Gasteiger partial charge is 0.237 e. The highest BCUT2D eigenvalue weighted by molar-refractivity contribution is 5.82. The monoisotopic (exact) mass is 265 g/mol. The number of piperidine rings is 1. The molecule has 4 nitrogen and oxygen atoms in total. The second-order valence-corrected chi connectivity index (χ2v) is 6.40. The molecule has 2 N–H and O–H groups in total. The van der Waals surface area contributed by atoms with Gasteiger partial charge >= 0.3 is 0 Å². The van der Waals surface area contributed by atoms with E-state index in [1.807, 2.05) is 0 Å². The van der Waals surface area contributed by atoms with Crippen LogP contribution in [0.25, 0.3) is 0 Å². The largest absolute Gasteiger partial charge is 0.355 e. The van der Waals surface area contributed by atoms with Gasteiger partial charge in [0.2, 0.25) is 5.91 Å². The maximum atomic E-state index is 12.3. The SMILES string of the molecule is CCN(C1CC2CCC(C1)N2)C1CCCCNC1=O. The van der Waals surface area contributed by atoms with Gasteiger partial charge in [0.25, 0.3) is 0 Å². The van der Waals surface area contributed by atoms with Crippen molar-refractivity contribution in [3.63, 3.8) is 0 Å². The lowest BCUT2D eigenvalue weighted by Gasteiger charge is -2.40. The highest BCUT2D eigenvalue weighted by atomic mass is 16.2. The van der Waals surface area contributed by atoms with Crippen molar-refractivity contribution < 1.29 is 4.79 Å². The van der Waals surface area contributed by atoms with E-state index < -0.39 is 0 Å². The van der Waals surface area contributed by atoms with E-state index in [9.17, 15) is 4.79 Å². The quantitative estimate of drug-likeness (QED) is 0.807. The van der Waals surface area contributed by atoms with Crippen molar-refractivity contribution in [3.8, 4) is 0 Å². The van der Waals surface area contributed by atoms with Gasteiger partial charge in [0.1, 0.15) is 0 Å². The molecule has 3 saturated heterocycles. The minimum absolute atomic E-state index is 0.120. The second-order valence-electron chi connectivity index (χ2n) is 6.40. The van der Waals surface area contributed by atoms with Crippen molar-refractivity contribution in [2.45, 2.75) is 76.0 Å². The van der Waals surface area contributed by atoms with Crippen LogP contribution in [0.3, 0.4) is 0 Å². The number of carbonyl (C=O) groups excluding carboxylic acids is 1. The van der Waals surface area contributed by atoms with E-state index in [2.05, 4.69) is 22.5 Å². The van der Waals surface area contributed by atoms with Gasteiger partial charge in [-0.25, -0.2) is 0 Å². The first-order valence-corrected chi connectivity index (χ1v) is 8.07. The number of amides is 1. The van der Waals surface area contributed by atoms with Crippen LogP contribution in [0.5, 0.6) is 0 Å². The normalized spacial score (nSPS) is 39.2. The number of hydrogen-bond acceptors (Lipinski definition) is 3. The molecule has 3 atom stereocenters. The molecule has 0 saturated carbocycles. The molecule has 0 aromatic carbocycles. The van der Waals surface area contributed by atoms with Gasteiger partial charge in [0.05, 0.1) is 6.04 Å². The Kier molecular flexibility index (Phi) is 4.08. The molecule has 3 heterocycles. The first kappa shape index (κ1) is 13.4. The van der Waals surface area contributed by atoms with Crippen LogP contribution in [-0.4, -0.2) is 48.1 Å². The van der Waals surface area contributed by atoms with Gasteiger partial charge < -0.3 is 10.6 Å². The van der Waals surface area contributed by atoms with Crippen LogP contribution in [0.2, 0.25) is 0 Å². The lowest BCUT2D eigenvalue weighted by atomic mass is 9.95. The number of fused-ring (bicyclic) bond motifs is 2. The number of nitrogens with zero attached hydrogens (tertiary/aromatic N) is 1. The maximum Gasteiger partial charge on any atom is 0.237 e. The zero-order valence-electron chi connectivity index (χ0n) is 12.0. The average Bonchev–Trinajstić information content (AvgIpc) is 2.61. The van der Waals surface area contributed by atoms with Gasteiger partial charge in [-0.1, -0.05) is 6.92 Å². The van der Waals surface area contributed by atoms with E-state index in [1.165, 1.54) is 32.1 Å². The van der Waals surface area contributed by atoms with E-state index >= 15 is 0 Å². The van der Waals surface area contributed by atoms with Gasteiger partial charge in [-0.05, 0) is 51.5 Å². The van der Waals surface area contributed by atoms with Crippen LogP contribution >= 0.6 is 0 Å². The summed E-state index contributed by atoms with van der Waals surface area (Å²) in [7, 11) is 0. The Hall–Kier alpha value is -0.610. The predicted molar refractivity (Wildman–Crippen MR) is 76.0 cm³/mol. The molecule has 19 heavy (non-hydrogen) atoms. The summed E-state index contributed by atoms with van der Waals surface area (Å²) in [4.78, 5) is 14.8. The van der Waals surface area contributed by atoms with Crippen LogP contribution in [-0.2, 0) is 4.79 Å². The fraction of sp³-hybridized carbons (Fsp3) is 0.933. The summed E-state index contributed by atoms with van der Waals surface area (Å²) in [5.74, 6) is 0.269. The van der Waals surface area contributed by atoms with Crippen LogP contribution < -0.4 is 10.6 Å². The minimum Gasteiger partial charge on any atom is -0.355 e. The van der Waals surface area contributed by atoms with Crippen LogP contribution in [0.1, 0.15) is 51.9 Å². The standard InChI is InChI=1S/C15H27N3O/c1-2-18(14-5-3-4-8-16-15(14)19)13-9-11-6-7-12(10-13)17-11/h11-14,17H,2-10H2,1H3,(H,16,19). The Morgan fingerprint density at radius 1 is 1.16 bits per heavy atom. The first-order chi connectivity index (χ1) is 9.28. The van der Waals surface area contributed by atoms with Crippen LogP contribution in [0.15, 0.2) is 0 Å². The van der Waals surface area contributed by atoms with E-state index in [0.717, 1.165) is 25.9 Å². The van der Waals surface area contributed by atoms with Gasteiger partial charge in [0.15, 0.2) is 0 Å². The van der Waals surface area contributed by atoms with Gasteiger partial charge in [-0.2, -0.15) is 0 Å². The summed E-state index contributed by atoms with van der Waals surface area (Å²) in [5, 5.41) is 6.79. The minimum atomic E-state index is 0.120. The van der Waals surface area contributed by atoms with Crippen molar-refractivity contribution in [2.24, 2.45) is 0 Å². The molecule has 3 aliphatic heterocycles. The molecule has 108 valence electrons. The third-order valence-corrected chi connectivity index (χ3v) is 5.19. The lowest BCUT2D eigenvalue weighted by Crippen LogP contribution is -2.55.